The lowest BCUT2D eigenvalue weighted by Gasteiger charge is -2.29. The van der Waals surface area contributed by atoms with Crippen molar-refractivity contribution in [1.82, 2.24) is 10.2 Å². The van der Waals surface area contributed by atoms with E-state index < -0.39 is 6.04 Å². The van der Waals surface area contributed by atoms with Crippen LogP contribution in [0.3, 0.4) is 0 Å². The zero-order valence-electron chi connectivity index (χ0n) is 13.2. The van der Waals surface area contributed by atoms with Gasteiger partial charge in [0, 0.05) is 35.1 Å². The summed E-state index contributed by atoms with van der Waals surface area (Å²) in [6.07, 6.45) is 1.10. The minimum atomic E-state index is -0.577. The molecule has 1 aromatic carbocycles. The number of rotatable bonds is 7. The molecule has 4 nitrogen and oxygen atoms in total. The van der Waals surface area contributed by atoms with Crippen LogP contribution in [0.1, 0.15) is 39.2 Å². The van der Waals surface area contributed by atoms with E-state index in [1.165, 1.54) is 4.90 Å². The second-order valence-corrected chi connectivity index (χ2v) is 5.86. The molecule has 0 aromatic heterocycles. The van der Waals surface area contributed by atoms with Crippen LogP contribution in [0.2, 0.25) is 10.0 Å². The molecule has 0 bridgehead atoms. The van der Waals surface area contributed by atoms with E-state index in [-0.39, 0.29) is 18.4 Å². The van der Waals surface area contributed by atoms with Crippen molar-refractivity contribution >= 4 is 35.0 Å². The molecule has 6 heteroatoms. The molecule has 1 N–H and O–H groups in total. The third-order valence-electron chi connectivity index (χ3n) is 3.37. The highest BCUT2D eigenvalue weighted by Crippen LogP contribution is 2.26. The number of carbonyl (C=O) groups excluding carboxylic acids is 2. The van der Waals surface area contributed by atoms with Crippen LogP contribution in [0, 0.1) is 0 Å². The second-order valence-electron chi connectivity index (χ2n) is 5.04. The minimum Gasteiger partial charge on any atom is -0.355 e. The van der Waals surface area contributed by atoms with Crippen LogP contribution in [-0.4, -0.2) is 29.3 Å². The summed E-state index contributed by atoms with van der Waals surface area (Å²) in [7, 11) is 0. The van der Waals surface area contributed by atoms with Crippen LogP contribution < -0.4 is 5.32 Å². The van der Waals surface area contributed by atoms with E-state index in [9.17, 15) is 9.59 Å². The van der Waals surface area contributed by atoms with Crippen molar-refractivity contribution in [1.29, 1.82) is 0 Å². The van der Waals surface area contributed by atoms with Crippen molar-refractivity contribution in [2.75, 3.05) is 6.54 Å². The van der Waals surface area contributed by atoms with Gasteiger partial charge in [-0.25, -0.2) is 0 Å². The number of benzene rings is 1. The van der Waals surface area contributed by atoms with E-state index in [1.54, 1.807) is 25.1 Å². The number of carbonyl (C=O) groups is 2. The normalized spacial score (nSPS) is 11.9. The third-order valence-corrected chi connectivity index (χ3v) is 4.08. The van der Waals surface area contributed by atoms with Gasteiger partial charge in [0.15, 0.2) is 0 Å². The maximum absolute atomic E-state index is 12.4. The highest BCUT2D eigenvalue weighted by atomic mass is 35.5. The molecule has 1 atom stereocenters. The molecule has 0 saturated heterocycles. The van der Waals surface area contributed by atoms with Gasteiger partial charge >= 0.3 is 0 Å². The van der Waals surface area contributed by atoms with Crippen molar-refractivity contribution < 1.29 is 9.59 Å². The summed E-state index contributed by atoms with van der Waals surface area (Å²) in [5.74, 6) is -0.271. The van der Waals surface area contributed by atoms with E-state index >= 15 is 0 Å². The Morgan fingerprint density at radius 3 is 2.32 bits per heavy atom. The topological polar surface area (TPSA) is 49.4 Å². The Balaban J connectivity index is 3.05. The average molecular weight is 345 g/mol. The molecule has 22 heavy (non-hydrogen) atoms. The van der Waals surface area contributed by atoms with Gasteiger partial charge in [-0.05, 0) is 32.4 Å². The van der Waals surface area contributed by atoms with E-state index in [0.29, 0.717) is 35.0 Å². The van der Waals surface area contributed by atoms with Gasteiger partial charge in [-0.15, -0.1) is 0 Å². The van der Waals surface area contributed by atoms with Crippen molar-refractivity contribution in [3.63, 3.8) is 0 Å². The van der Waals surface area contributed by atoms with Crippen LogP contribution in [0.4, 0.5) is 0 Å². The SMILES string of the molecule is CCCC(=O)N(Cc1c(Cl)cccc1Cl)C(C)C(=O)NCC. The highest BCUT2D eigenvalue weighted by molar-refractivity contribution is 6.36. The molecule has 1 aromatic rings. The summed E-state index contributed by atoms with van der Waals surface area (Å²) in [5, 5.41) is 3.72. The van der Waals surface area contributed by atoms with Gasteiger partial charge in [0.05, 0.1) is 0 Å². The number of nitrogens with zero attached hydrogens (tertiary/aromatic N) is 1. The van der Waals surface area contributed by atoms with Crippen LogP contribution in [0.25, 0.3) is 0 Å². The first-order valence-corrected chi connectivity index (χ1v) is 8.18. The molecule has 0 aliphatic heterocycles. The van der Waals surface area contributed by atoms with E-state index in [2.05, 4.69) is 5.32 Å². The number of likely N-dealkylation sites (N-methyl/N-ethyl adjacent to an activating group) is 1. The molecular formula is C16H22Cl2N2O2. The van der Waals surface area contributed by atoms with Crippen LogP contribution in [0.15, 0.2) is 18.2 Å². The largest absolute Gasteiger partial charge is 0.355 e. The van der Waals surface area contributed by atoms with Gasteiger partial charge in [-0.2, -0.15) is 0 Å². The summed E-state index contributed by atoms with van der Waals surface area (Å²) in [6, 6.07) is 4.62. The van der Waals surface area contributed by atoms with Crippen molar-refractivity contribution in [2.45, 2.75) is 46.2 Å². The fraction of sp³-hybridized carbons (Fsp3) is 0.500. The lowest BCUT2D eigenvalue weighted by molar-refractivity contribution is -0.140. The summed E-state index contributed by atoms with van der Waals surface area (Å²) < 4.78 is 0. The van der Waals surface area contributed by atoms with Crippen molar-refractivity contribution in [3.8, 4) is 0 Å². The number of halogens is 2. The average Bonchev–Trinajstić information content (AvgIpc) is 2.46. The molecule has 0 saturated carbocycles. The van der Waals surface area contributed by atoms with Gasteiger partial charge < -0.3 is 10.2 Å². The Hall–Kier alpha value is -1.26. The fourth-order valence-corrected chi connectivity index (χ4v) is 2.63. The maximum atomic E-state index is 12.4. The first-order chi connectivity index (χ1) is 10.4. The predicted octanol–water partition coefficient (Wildman–Crippen LogP) is 3.65. The molecular weight excluding hydrogens is 323 g/mol. The minimum absolute atomic E-state index is 0.0859. The molecule has 0 heterocycles. The van der Waals surface area contributed by atoms with Gasteiger partial charge in [0.2, 0.25) is 11.8 Å². The summed E-state index contributed by atoms with van der Waals surface area (Å²) >= 11 is 12.4. The first kappa shape index (κ1) is 18.8. The lowest BCUT2D eigenvalue weighted by Crippen LogP contribution is -2.47. The molecule has 1 unspecified atom stereocenters. The number of hydrogen-bond acceptors (Lipinski definition) is 2. The van der Waals surface area contributed by atoms with Gasteiger partial charge in [0.25, 0.3) is 0 Å². The summed E-state index contributed by atoms with van der Waals surface area (Å²) in [4.78, 5) is 26.0. The molecule has 0 spiro atoms. The zero-order valence-corrected chi connectivity index (χ0v) is 14.7. The molecule has 1 rings (SSSR count). The monoisotopic (exact) mass is 344 g/mol. The predicted molar refractivity (Wildman–Crippen MR) is 90.1 cm³/mol. The van der Waals surface area contributed by atoms with Crippen LogP contribution in [0.5, 0.6) is 0 Å². The van der Waals surface area contributed by atoms with E-state index in [1.807, 2.05) is 13.8 Å². The van der Waals surface area contributed by atoms with Crippen molar-refractivity contribution in [3.05, 3.63) is 33.8 Å². The Bertz CT molecular complexity index is 515. The van der Waals surface area contributed by atoms with E-state index in [4.69, 9.17) is 23.2 Å². The smallest absolute Gasteiger partial charge is 0.242 e. The van der Waals surface area contributed by atoms with Crippen LogP contribution >= 0.6 is 23.2 Å². The second kappa shape index (κ2) is 9.01. The Labute approximate surface area is 141 Å². The molecule has 0 aliphatic rings. The Kier molecular flexibility index (Phi) is 7.69. The molecule has 0 radical (unpaired) electrons. The van der Waals surface area contributed by atoms with Gasteiger partial charge in [-0.3, -0.25) is 9.59 Å². The number of nitrogens with one attached hydrogen (secondary N) is 1. The fourth-order valence-electron chi connectivity index (χ4n) is 2.12. The standard InChI is InChI=1S/C16H22Cl2N2O2/c1-4-7-15(21)20(11(3)16(22)19-5-2)10-12-13(17)8-6-9-14(12)18/h6,8-9,11H,4-5,7,10H2,1-3H3,(H,19,22). The number of hydrogen-bond donors (Lipinski definition) is 1. The third kappa shape index (κ3) is 4.89. The van der Waals surface area contributed by atoms with Crippen molar-refractivity contribution in [2.24, 2.45) is 0 Å². The lowest BCUT2D eigenvalue weighted by atomic mass is 10.1. The van der Waals surface area contributed by atoms with E-state index in [0.717, 1.165) is 0 Å². The molecule has 2 amide bonds. The zero-order chi connectivity index (χ0) is 16.7. The van der Waals surface area contributed by atoms with Gasteiger partial charge in [-0.1, -0.05) is 36.2 Å². The Morgan fingerprint density at radius 1 is 1.23 bits per heavy atom. The first-order valence-electron chi connectivity index (χ1n) is 7.42. The summed E-state index contributed by atoms with van der Waals surface area (Å²) in [6.45, 7) is 6.22. The molecule has 122 valence electrons. The molecule has 0 aliphatic carbocycles. The van der Waals surface area contributed by atoms with Gasteiger partial charge in [0.1, 0.15) is 6.04 Å². The maximum Gasteiger partial charge on any atom is 0.242 e. The number of amides is 2. The highest BCUT2D eigenvalue weighted by Gasteiger charge is 2.26. The van der Waals surface area contributed by atoms with Crippen LogP contribution in [-0.2, 0) is 16.1 Å². The molecule has 0 fully saturated rings. The quantitative estimate of drug-likeness (QED) is 0.820. The summed E-state index contributed by atoms with van der Waals surface area (Å²) in [5.41, 5.74) is 0.659. The Morgan fingerprint density at radius 2 is 1.82 bits per heavy atom.